The first-order valence-corrected chi connectivity index (χ1v) is 9.69. The summed E-state index contributed by atoms with van der Waals surface area (Å²) >= 11 is 0. The highest BCUT2D eigenvalue weighted by molar-refractivity contribution is 7.89. The van der Waals surface area contributed by atoms with E-state index in [1.54, 1.807) is 6.07 Å². The van der Waals surface area contributed by atoms with Crippen LogP contribution < -0.4 is 11.1 Å². The van der Waals surface area contributed by atoms with Crippen molar-refractivity contribution in [3.05, 3.63) is 35.4 Å². The fourth-order valence-corrected chi connectivity index (χ4v) is 3.07. The summed E-state index contributed by atoms with van der Waals surface area (Å²) < 4.78 is 22.8. The van der Waals surface area contributed by atoms with Gasteiger partial charge in [0.25, 0.3) is 0 Å². The summed E-state index contributed by atoms with van der Waals surface area (Å²) in [5, 5.41) is 2.86. The molecule has 23 heavy (non-hydrogen) atoms. The predicted octanol–water partition coefficient (Wildman–Crippen LogP) is 2.18. The molecule has 0 unspecified atom stereocenters. The average molecular weight is 363 g/mol. The van der Waals surface area contributed by atoms with Crippen LogP contribution in [0.15, 0.2) is 24.3 Å². The van der Waals surface area contributed by atoms with E-state index < -0.39 is 9.84 Å². The number of nitrogens with one attached hydrogen (secondary N) is 1. The number of nitrogens with two attached hydrogens (primary N) is 1. The highest BCUT2D eigenvalue weighted by Gasteiger charge is 2.09. The van der Waals surface area contributed by atoms with Gasteiger partial charge in [0.05, 0.1) is 5.75 Å². The van der Waals surface area contributed by atoms with Crippen LogP contribution in [0.5, 0.6) is 0 Å². The standard InChI is InChI=1S/C16H26N2O3S.ClH/c1-22(20,21)13-15-9-6-5-8-14(15)12-18-16(19)10-4-2-3-7-11-17;/h5-6,8-9H,2-4,7,10-13,17H2,1H3,(H,18,19);1H. The van der Waals surface area contributed by atoms with E-state index in [4.69, 9.17) is 5.73 Å². The fraction of sp³-hybridized carbons (Fsp3) is 0.562. The van der Waals surface area contributed by atoms with Crippen LogP contribution in [0.4, 0.5) is 0 Å². The molecule has 1 aromatic carbocycles. The monoisotopic (exact) mass is 362 g/mol. The first-order chi connectivity index (χ1) is 10.4. The second-order valence-corrected chi connectivity index (χ2v) is 7.71. The molecule has 0 heterocycles. The number of unbranched alkanes of at least 4 members (excludes halogenated alkanes) is 3. The minimum absolute atomic E-state index is 0. The van der Waals surface area contributed by atoms with Gasteiger partial charge in [-0.25, -0.2) is 8.42 Å². The summed E-state index contributed by atoms with van der Waals surface area (Å²) in [4.78, 5) is 11.8. The molecule has 0 aliphatic carbocycles. The molecule has 0 spiro atoms. The molecule has 0 aliphatic rings. The molecule has 0 radical (unpaired) electrons. The van der Waals surface area contributed by atoms with Gasteiger partial charge in [0.2, 0.25) is 5.91 Å². The van der Waals surface area contributed by atoms with Crippen molar-refractivity contribution in [3.8, 4) is 0 Å². The Bertz CT molecular complexity index is 576. The molecule has 3 N–H and O–H groups in total. The zero-order valence-electron chi connectivity index (χ0n) is 13.6. The van der Waals surface area contributed by atoms with Crippen LogP contribution in [0, 0.1) is 0 Å². The molecule has 0 saturated heterocycles. The first kappa shape index (κ1) is 21.9. The summed E-state index contributed by atoms with van der Waals surface area (Å²) in [6, 6.07) is 7.29. The predicted molar refractivity (Wildman–Crippen MR) is 96.2 cm³/mol. The molecule has 0 aliphatic heterocycles. The summed E-state index contributed by atoms with van der Waals surface area (Å²) in [7, 11) is -3.08. The molecule has 0 bridgehead atoms. The van der Waals surface area contributed by atoms with Crippen LogP contribution >= 0.6 is 12.4 Å². The Labute approximate surface area is 145 Å². The molecule has 132 valence electrons. The van der Waals surface area contributed by atoms with E-state index in [9.17, 15) is 13.2 Å². The molecule has 1 aromatic rings. The van der Waals surface area contributed by atoms with E-state index in [1.807, 2.05) is 18.2 Å². The zero-order chi connectivity index (χ0) is 16.4. The minimum atomic E-state index is -3.08. The Morgan fingerprint density at radius 3 is 2.30 bits per heavy atom. The van der Waals surface area contributed by atoms with Crippen LogP contribution in [-0.4, -0.2) is 27.1 Å². The molecule has 0 aromatic heterocycles. The topological polar surface area (TPSA) is 89.3 Å². The first-order valence-electron chi connectivity index (χ1n) is 7.63. The van der Waals surface area contributed by atoms with Crippen molar-refractivity contribution in [2.75, 3.05) is 12.8 Å². The SMILES string of the molecule is CS(=O)(=O)Cc1ccccc1CNC(=O)CCCCCCN.Cl. The van der Waals surface area contributed by atoms with Crippen LogP contribution in [-0.2, 0) is 26.9 Å². The van der Waals surface area contributed by atoms with Gasteiger partial charge in [-0.15, -0.1) is 12.4 Å². The highest BCUT2D eigenvalue weighted by Crippen LogP contribution is 2.12. The fourth-order valence-electron chi connectivity index (χ4n) is 2.22. The van der Waals surface area contributed by atoms with Crippen molar-refractivity contribution < 1.29 is 13.2 Å². The number of halogens is 1. The van der Waals surface area contributed by atoms with Gasteiger partial charge >= 0.3 is 0 Å². The summed E-state index contributed by atoms with van der Waals surface area (Å²) in [5.74, 6) is -0.0000867. The molecule has 0 fully saturated rings. The lowest BCUT2D eigenvalue weighted by atomic mass is 10.1. The lowest BCUT2D eigenvalue weighted by molar-refractivity contribution is -0.121. The maximum atomic E-state index is 11.8. The Kier molecular flexibility index (Phi) is 10.9. The normalized spacial score (nSPS) is 10.9. The number of carbonyl (C=O) groups is 1. The number of hydrogen-bond acceptors (Lipinski definition) is 4. The average Bonchev–Trinajstić information content (AvgIpc) is 2.44. The lowest BCUT2D eigenvalue weighted by Crippen LogP contribution is -2.23. The van der Waals surface area contributed by atoms with Gasteiger partial charge in [-0.3, -0.25) is 4.79 Å². The smallest absolute Gasteiger partial charge is 0.220 e. The lowest BCUT2D eigenvalue weighted by Gasteiger charge is -2.10. The van der Waals surface area contributed by atoms with E-state index in [-0.39, 0.29) is 24.1 Å². The van der Waals surface area contributed by atoms with Gasteiger partial charge in [-0.2, -0.15) is 0 Å². The molecule has 1 amide bonds. The third-order valence-electron chi connectivity index (χ3n) is 3.37. The quantitative estimate of drug-likeness (QED) is 0.624. The molecule has 0 saturated carbocycles. The third-order valence-corrected chi connectivity index (χ3v) is 4.21. The van der Waals surface area contributed by atoms with Gasteiger partial charge < -0.3 is 11.1 Å². The molecule has 5 nitrogen and oxygen atoms in total. The van der Waals surface area contributed by atoms with Crippen LogP contribution in [0.3, 0.4) is 0 Å². The number of benzene rings is 1. The maximum Gasteiger partial charge on any atom is 0.220 e. The molecule has 7 heteroatoms. The van der Waals surface area contributed by atoms with E-state index >= 15 is 0 Å². The van der Waals surface area contributed by atoms with E-state index in [0.717, 1.165) is 36.8 Å². The number of amides is 1. The highest BCUT2D eigenvalue weighted by atomic mass is 35.5. The van der Waals surface area contributed by atoms with E-state index in [2.05, 4.69) is 5.32 Å². The molecule has 1 rings (SSSR count). The van der Waals surface area contributed by atoms with Gasteiger partial charge in [0.15, 0.2) is 9.84 Å². The van der Waals surface area contributed by atoms with Crippen molar-refractivity contribution >= 4 is 28.2 Å². The molecular weight excluding hydrogens is 336 g/mol. The Morgan fingerprint density at radius 2 is 1.70 bits per heavy atom. The van der Waals surface area contributed by atoms with Crippen LogP contribution in [0.1, 0.15) is 43.2 Å². The summed E-state index contributed by atoms with van der Waals surface area (Å²) in [6.07, 6.45) is 5.64. The van der Waals surface area contributed by atoms with E-state index in [0.29, 0.717) is 19.5 Å². The van der Waals surface area contributed by atoms with Crippen LogP contribution in [0.25, 0.3) is 0 Å². The summed E-state index contributed by atoms with van der Waals surface area (Å²) in [5.41, 5.74) is 7.01. The van der Waals surface area contributed by atoms with Crippen molar-refractivity contribution in [3.63, 3.8) is 0 Å². The molecular formula is C16H27ClN2O3S. The molecule has 0 atom stereocenters. The van der Waals surface area contributed by atoms with Crippen molar-refractivity contribution in [2.45, 2.75) is 44.4 Å². The van der Waals surface area contributed by atoms with E-state index in [1.165, 1.54) is 6.26 Å². The zero-order valence-corrected chi connectivity index (χ0v) is 15.2. The van der Waals surface area contributed by atoms with Crippen molar-refractivity contribution in [1.29, 1.82) is 0 Å². The van der Waals surface area contributed by atoms with Gasteiger partial charge in [-0.1, -0.05) is 37.1 Å². The number of sulfone groups is 1. The second kappa shape index (κ2) is 11.4. The van der Waals surface area contributed by atoms with Gasteiger partial charge in [0, 0.05) is 19.2 Å². The van der Waals surface area contributed by atoms with Gasteiger partial charge in [0.1, 0.15) is 0 Å². The second-order valence-electron chi connectivity index (χ2n) is 5.57. The van der Waals surface area contributed by atoms with Crippen LogP contribution in [0.2, 0.25) is 0 Å². The largest absolute Gasteiger partial charge is 0.352 e. The Morgan fingerprint density at radius 1 is 1.09 bits per heavy atom. The number of hydrogen-bond donors (Lipinski definition) is 2. The summed E-state index contributed by atoms with van der Waals surface area (Å²) in [6.45, 7) is 1.07. The van der Waals surface area contributed by atoms with Crippen molar-refractivity contribution in [1.82, 2.24) is 5.32 Å². The Hall–Kier alpha value is -1.11. The number of rotatable bonds is 10. The minimum Gasteiger partial charge on any atom is -0.352 e. The Balaban J connectivity index is 0.00000484. The van der Waals surface area contributed by atoms with Gasteiger partial charge in [-0.05, 0) is 30.5 Å². The van der Waals surface area contributed by atoms with Crippen molar-refractivity contribution in [2.24, 2.45) is 5.73 Å². The number of carbonyl (C=O) groups excluding carboxylic acids is 1. The third kappa shape index (κ3) is 10.3. The maximum absolute atomic E-state index is 11.8.